The van der Waals surface area contributed by atoms with E-state index in [4.69, 9.17) is 14.2 Å². The summed E-state index contributed by atoms with van der Waals surface area (Å²) in [7, 11) is 1.52. The summed E-state index contributed by atoms with van der Waals surface area (Å²) in [6.07, 6.45) is 0. The Morgan fingerprint density at radius 1 is 1.10 bits per heavy atom. The Labute approximate surface area is 122 Å². The van der Waals surface area contributed by atoms with Gasteiger partial charge in [-0.2, -0.15) is 0 Å². The van der Waals surface area contributed by atoms with Gasteiger partial charge in [-0.1, -0.05) is 6.07 Å². The summed E-state index contributed by atoms with van der Waals surface area (Å²) in [4.78, 5) is 0. The third-order valence-corrected chi connectivity index (χ3v) is 3.29. The molecular formula is C16H16FNO3. The smallest absolute Gasteiger partial charge is 0.163 e. The maximum atomic E-state index is 13.8. The van der Waals surface area contributed by atoms with Gasteiger partial charge >= 0.3 is 0 Å². The van der Waals surface area contributed by atoms with E-state index >= 15 is 0 Å². The zero-order chi connectivity index (χ0) is 14.7. The first kappa shape index (κ1) is 13.5. The highest BCUT2D eigenvalue weighted by Gasteiger charge is 2.12. The summed E-state index contributed by atoms with van der Waals surface area (Å²) in [5.74, 6) is 1.67. The molecule has 0 fully saturated rings. The van der Waals surface area contributed by atoms with E-state index in [2.05, 4.69) is 5.32 Å². The van der Waals surface area contributed by atoms with Gasteiger partial charge in [0, 0.05) is 29.9 Å². The van der Waals surface area contributed by atoms with Crippen LogP contribution in [0.2, 0.25) is 0 Å². The van der Waals surface area contributed by atoms with E-state index in [1.54, 1.807) is 12.1 Å². The number of methoxy groups -OCH3 is 1. The van der Waals surface area contributed by atoms with Gasteiger partial charge in [0.05, 0.1) is 7.11 Å². The minimum Gasteiger partial charge on any atom is -0.497 e. The van der Waals surface area contributed by atoms with Crippen molar-refractivity contribution in [1.82, 2.24) is 0 Å². The van der Waals surface area contributed by atoms with E-state index in [0.29, 0.717) is 36.8 Å². The van der Waals surface area contributed by atoms with Crippen molar-refractivity contribution in [2.75, 3.05) is 25.6 Å². The predicted molar refractivity (Wildman–Crippen MR) is 77.7 cm³/mol. The zero-order valence-electron chi connectivity index (χ0n) is 11.7. The Kier molecular flexibility index (Phi) is 3.81. The van der Waals surface area contributed by atoms with Crippen LogP contribution in [-0.2, 0) is 6.54 Å². The van der Waals surface area contributed by atoms with E-state index in [1.807, 2.05) is 18.2 Å². The molecule has 0 amide bonds. The average Bonchev–Trinajstić information content (AvgIpc) is 2.53. The minimum absolute atomic E-state index is 0.292. The lowest BCUT2D eigenvalue weighted by molar-refractivity contribution is 0.171. The fraction of sp³-hybridized carbons (Fsp3) is 0.250. The van der Waals surface area contributed by atoms with Gasteiger partial charge in [0.1, 0.15) is 24.8 Å². The van der Waals surface area contributed by atoms with E-state index in [1.165, 1.54) is 13.2 Å². The normalized spacial score (nSPS) is 12.9. The van der Waals surface area contributed by atoms with Gasteiger partial charge in [-0.3, -0.25) is 0 Å². The zero-order valence-corrected chi connectivity index (χ0v) is 11.7. The molecule has 5 heteroatoms. The maximum Gasteiger partial charge on any atom is 0.163 e. The van der Waals surface area contributed by atoms with Crippen molar-refractivity contribution in [3.8, 4) is 17.2 Å². The van der Waals surface area contributed by atoms with Crippen molar-refractivity contribution in [2.24, 2.45) is 0 Å². The molecule has 0 saturated carbocycles. The largest absolute Gasteiger partial charge is 0.497 e. The quantitative estimate of drug-likeness (QED) is 0.938. The first-order valence-corrected chi connectivity index (χ1v) is 6.72. The lowest BCUT2D eigenvalue weighted by Gasteiger charge is -2.19. The van der Waals surface area contributed by atoms with Crippen LogP contribution in [-0.4, -0.2) is 20.3 Å². The summed E-state index contributed by atoms with van der Waals surface area (Å²) in [6.45, 7) is 1.50. The van der Waals surface area contributed by atoms with Crippen LogP contribution in [0.25, 0.3) is 0 Å². The van der Waals surface area contributed by atoms with E-state index in [9.17, 15) is 4.39 Å². The standard InChI is InChI=1S/C16H16FNO3/c1-19-13-4-2-11(14(17)9-13)10-18-12-3-5-15-16(8-12)21-7-6-20-15/h2-5,8-9,18H,6-7,10H2,1H3. The Bertz CT molecular complexity index is 645. The molecule has 110 valence electrons. The number of hydrogen-bond acceptors (Lipinski definition) is 4. The lowest BCUT2D eigenvalue weighted by atomic mass is 10.2. The molecule has 3 rings (SSSR count). The number of hydrogen-bond donors (Lipinski definition) is 1. The molecule has 4 nitrogen and oxygen atoms in total. The Balaban J connectivity index is 1.70. The molecule has 2 aromatic rings. The highest BCUT2D eigenvalue weighted by molar-refractivity contribution is 5.55. The second-order valence-electron chi connectivity index (χ2n) is 4.67. The van der Waals surface area contributed by atoms with Crippen molar-refractivity contribution in [3.63, 3.8) is 0 Å². The molecule has 1 heterocycles. The number of halogens is 1. The second kappa shape index (κ2) is 5.91. The molecule has 0 spiro atoms. The van der Waals surface area contributed by atoms with Gasteiger partial charge < -0.3 is 19.5 Å². The molecular weight excluding hydrogens is 273 g/mol. The fourth-order valence-corrected chi connectivity index (χ4v) is 2.15. The number of benzene rings is 2. The number of rotatable bonds is 4. The van der Waals surface area contributed by atoms with E-state index < -0.39 is 0 Å². The van der Waals surface area contributed by atoms with E-state index in [0.717, 1.165) is 11.4 Å². The third kappa shape index (κ3) is 3.02. The first-order chi connectivity index (χ1) is 10.3. The maximum absolute atomic E-state index is 13.8. The molecule has 1 N–H and O–H groups in total. The SMILES string of the molecule is COc1ccc(CNc2ccc3c(c2)OCCO3)c(F)c1. The molecule has 0 radical (unpaired) electrons. The summed E-state index contributed by atoms with van der Waals surface area (Å²) in [5, 5.41) is 3.17. The van der Waals surface area contributed by atoms with Crippen LogP contribution >= 0.6 is 0 Å². The van der Waals surface area contributed by atoms with Gasteiger partial charge in [0.2, 0.25) is 0 Å². The van der Waals surface area contributed by atoms with Crippen LogP contribution in [0.4, 0.5) is 10.1 Å². The average molecular weight is 289 g/mol. The predicted octanol–water partition coefficient (Wildman–Crippen LogP) is 3.22. The van der Waals surface area contributed by atoms with Gasteiger partial charge in [0.25, 0.3) is 0 Å². The summed E-state index contributed by atoms with van der Waals surface area (Å²) in [5.41, 5.74) is 1.43. The van der Waals surface area contributed by atoms with Gasteiger partial charge in [-0.05, 0) is 18.2 Å². The van der Waals surface area contributed by atoms with Crippen molar-refractivity contribution in [2.45, 2.75) is 6.54 Å². The van der Waals surface area contributed by atoms with Gasteiger partial charge in [0.15, 0.2) is 11.5 Å². The molecule has 21 heavy (non-hydrogen) atoms. The van der Waals surface area contributed by atoms with Crippen molar-refractivity contribution in [1.29, 1.82) is 0 Å². The fourth-order valence-electron chi connectivity index (χ4n) is 2.15. The molecule has 0 unspecified atom stereocenters. The van der Waals surface area contributed by atoms with Crippen LogP contribution in [0.5, 0.6) is 17.2 Å². The molecule has 0 aromatic heterocycles. The molecule has 0 atom stereocenters. The lowest BCUT2D eigenvalue weighted by Crippen LogP contribution is -2.15. The molecule has 0 saturated heterocycles. The first-order valence-electron chi connectivity index (χ1n) is 6.72. The molecule has 1 aliphatic heterocycles. The number of nitrogens with one attached hydrogen (secondary N) is 1. The number of ether oxygens (including phenoxy) is 3. The van der Waals surface area contributed by atoms with Crippen LogP contribution in [0.1, 0.15) is 5.56 Å². The molecule has 0 aliphatic carbocycles. The minimum atomic E-state index is -0.292. The highest BCUT2D eigenvalue weighted by atomic mass is 19.1. The van der Waals surface area contributed by atoms with Gasteiger partial charge in [-0.25, -0.2) is 4.39 Å². The van der Waals surface area contributed by atoms with Crippen LogP contribution in [0.15, 0.2) is 36.4 Å². The highest BCUT2D eigenvalue weighted by Crippen LogP contribution is 2.32. The van der Waals surface area contributed by atoms with Crippen molar-refractivity contribution in [3.05, 3.63) is 47.8 Å². The van der Waals surface area contributed by atoms with Crippen molar-refractivity contribution < 1.29 is 18.6 Å². The second-order valence-corrected chi connectivity index (χ2v) is 4.67. The molecule has 1 aliphatic rings. The van der Waals surface area contributed by atoms with Crippen LogP contribution in [0.3, 0.4) is 0 Å². The summed E-state index contributed by atoms with van der Waals surface area (Å²) in [6, 6.07) is 10.4. The van der Waals surface area contributed by atoms with Crippen molar-refractivity contribution >= 4 is 5.69 Å². The topological polar surface area (TPSA) is 39.7 Å². The monoisotopic (exact) mass is 289 g/mol. The molecule has 0 bridgehead atoms. The van der Waals surface area contributed by atoms with Gasteiger partial charge in [-0.15, -0.1) is 0 Å². The Morgan fingerprint density at radius 2 is 1.90 bits per heavy atom. The Hall–Kier alpha value is -2.43. The summed E-state index contributed by atoms with van der Waals surface area (Å²) < 4.78 is 29.8. The summed E-state index contributed by atoms with van der Waals surface area (Å²) >= 11 is 0. The van der Waals surface area contributed by atoms with Crippen LogP contribution in [0, 0.1) is 5.82 Å². The third-order valence-electron chi connectivity index (χ3n) is 3.29. The number of anilines is 1. The Morgan fingerprint density at radius 3 is 2.67 bits per heavy atom. The molecule has 2 aromatic carbocycles. The van der Waals surface area contributed by atoms with Crippen LogP contribution < -0.4 is 19.5 Å². The van der Waals surface area contributed by atoms with E-state index in [-0.39, 0.29) is 5.82 Å². The number of fused-ring (bicyclic) bond motifs is 1.